The topological polar surface area (TPSA) is 42.0 Å². The Labute approximate surface area is 117 Å². The van der Waals surface area contributed by atoms with Crippen LogP contribution in [-0.2, 0) is 0 Å². The summed E-state index contributed by atoms with van der Waals surface area (Å²) < 4.78 is 0. The van der Waals surface area contributed by atoms with Crippen LogP contribution in [-0.4, -0.2) is 17.9 Å². The highest BCUT2D eigenvalue weighted by Crippen LogP contribution is 2.27. The minimum absolute atomic E-state index is 0.0730. The maximum Gasteiger partial charge on any atom is 0.251 e. The third kappa shape index (κ3) is 2.14. The van der Waals surface area contributed by atoms with Crippen LogP contribution in [0.4, 0.5) is 0 Å². The number of carbonyl (C=O) groups excluding carboxylic acids is 1. The molecule has 3 aromatic rings. The number of pyridine rings is 1. The van der Waals surface area contributed by atoms with Gasteiger partial charge >= 0.3 is 0 Å². The summed E-state index contributed by atoms with van der Waals surface area (Å²) in [6, 6.07) is 17.7. The van der Waals surface area contributed by atoms with Crippen LogP contribution in [0.3, 0.4) is 0 Å². The molecule has 3 nitrogen and oxygen atoms in total. The van der Waals surface area contributed by atoms with Gasteiger partial charge in [-0.25, -0.2) is 0 Å². The van der Waals surface area contributed by atoms with Gasteiger partial charge in [-0.1, -0.05) is 30.3 Å². The smallest absolute Gasteiger partial charge is 0.251 e. The van der Waals surface area contributed by atoms with Crippen LogP contribution in [0.15, 0.2) is 60.8 Å². The highest BCUT2D eigenvalue weighted by molar-refractivity contribution is 5.97. The van der Waals surface area contributed by atoms with Crippen molar-refractivity contribution in [1.82, 2.24) is 10.3 Å². The van der Waals surface area contributed by atoms with Crippen LogP contribution >= 0.6 is 0 Å². The molecule has 0 saturated heterocycles. The summed E-state index contributed by atoms with van der Waals surface area (Å²) in [6.45, 7) is 0. The van der Waals surface area contributed by atoms with E-state index in [4.69, 9.17) is 0 Å². The summed E-state index contributed by atoms with van der Waals surface area (Å²) in [5.74, 6) is -0.0730. The molecule has 0 aliphatic carbocycles. The van der Waals surface area contributed by atoms with E-state index in [1.54, 1.807) is 13.2 Å². The highest BCUT2D eigenvalue weighted by atomic mass is 16.1. The van der Waals surface area contributed by atoms with Crippen molar-refractivity contribution >= 4 is 16.8 Å². The van der Waals surface area contributed by atoms with E-state index >= 15 is 0 Å². The molecule has 1 N–H and O–H groups in total. The van der Waals surface area contributed by atoms with Crippen molar-refractivity contribution in [2.24, 2.45) is 0 Å². The van der Waals surface area contributed by atoms with E-state index in [9.17, 15) is 4.79 Å². The molecule has 1 aromatic heterocycles. The van der Waals surface area contributed by atoms with Crippen molar-refractivity contribution in [2.75, 3.05) is 7.05 Å². The van der Waals surface area contributed by atoms with Crippen LogP contribution in [0, 0.1) is 0 Å². The predicted molar refractivity (Wildman–Crippen MR) is 80.6 cm³/mol. The summed E-state index contributed by atoms with van der Waals surface area (Å²) >= 11 is 0. The minimum Gasteiger partial charge on any atom is -0.355 e. The summed E-state index contributed by atoms with van der Waals surface area (Å²) in [6.07, 6.45) is 1.79. The van der Waals surface area contributed by atoms with Crippen LogP contribution in [0.1, 0.15) is 10.4 Å². The molecule has 0 atom stereocenters. The Bertz CT molecular complexity index is 758. The summed E-state index contributed by atoms with van der Waals surface area (Å²) in [7, 11) is 1.63. The number of hydrogen-bond acceptors (Lipinski definition) is 2. The molecule has 1 heterocycles. The Balaban J connectivity index is 2.09. The van der Waals surface area contributed by atoms with E-state index in [2.05, 4.69) is 22.4 Å². The molecule has 0 unspecified atom stereocenters. The zero-order chi connectivity index (χ0) is 13.9. The number of nitrogens with one attached hydrogen (secondary N) is 1. The fraction of sp³-hybridized carbons (Fsp3) is 0.0588. The molecule has 20 heavy (non-hydrogen) atoms. The lowest BCUT2D eigenvalue weighted by molar-refractivity contribution is 0.0963. The summed E-state index contributed by atoms with van der Waals surface area (Å²) in [5.41, 5.74) is 3.84. The number of nitrogens with zero attached hydrogens (tertiary/aromatic N) is 1. The van der Waals surface area contributed by atoms with Gasteiger partial charge in [0.05, 0.1) is 5.52 Å². The summed E-state index contributed by atoms with van der Waals surface area (Å²) in [5, 5.41) is 3.73. The molecule has 3 rings (SSSR count). The van der Waals surface area contributed by atoms with Gasteiger partial charge in [0, 0.05) is 24.2 Å². The fourth-order valence-corrected chi connectivity index (χ4v) is 2.30. The number of hydrogen-bond donors (Lipinski definition) is 1. The predicted octanol–water partition coefficient (Wildman–Crippen LogP) is 3.26. The Hall–Kier alpha value is -2.68. The average Bonchev–Trinajstić information content (AvgIpc) is 2.54. The van der Waals surface area contributed by atoms with Crippen LogP contribution in [0.2, 0.25) is 0 Å². The third-order valence-corrected chi connectivity index (χ3v) is 3.33. The molecule has 98 valence electrons. The molecule has 0 aliphatic heterocycles. The van der Waals surface area contributed by atoms with Gasteiger partial charge in [-0.15, -0.1) is 0 Å². The second-order valence-electron chi connectivity index (χ2n) is 4.53. The Morgan fingerprint density at radius 2 is 1.80 bits per heavy atom. The van der Waals surface area contributed by atoms with Crippen molar-refractivity contribution in [3.8, 4) is 11.1 Å². The molecule has 0 bridgehead atoms. The number of rotatable bonds is 2. The Morgan fingerprint density at radius 3 is 2.55 bits per heavy atom. The van der Waals surface area contributed by atoms with E-state index in [-0.39, 0.29) is 5.91 Å². The van der Waals surface area contributed by atoms with E-state index in [0.29, 0.717) is 5.56 Å². The molecule has 0 aliphatic rings. The van der Waals surface area contributed by atoms with Crippen molar-refractivity contribution in [3.63, 3.8) is 0 Å². The van der Waals surface area contributed by atoms with E-state index in [0.717, 1.165) is 22.0 Å². The van der Waals surface area contributed by atoms with E-state index in [1.807, 2.05) is 42.5 Å². The van der Waals surface area contributed by atoms with Gasteiger partial charge in [-0.05, 0) is 35.4 Å². The average molecular weight is 262 g/mol. The van der Waals surface area contributed by atoms with Gasteiger partial charge in [-0.3, -0.25) is 9.78 Å². The van der Waals surface area contributed by atoms with Crippen LogP contribution in [0.5, 0.6) is 0 Å². The number of benzene rings is 2. The number of aromatic nitrogens is 1. The second-order valence-corrected chi connectivity index (χ2v) is 4.53. The maximum atomic E-state index is 11.6. The summed E-state index contributed by atoms with van der Waals surface area (Å²) in [4.78, 5) is 15.9. The largest absolute Gasteiger partial charge is 0.355 e. The van der Waals surface area contributed by atoms with Crippen LogP contribution in [0.25, 0.3) is 22.0 Å². The van der Waals surface area contributed by atoms with E-state index < -0.39 is 0 Å². The zero-order valence-corrected chi connectivity index (χ0v) is 11.1. The van der Waals surface area contributed by atoms with E-state index in [1.165, 1.54) is 0 Å². The first-order chi connectivity index (χ1) is 9.79. The monoisotopic (exact) mass is 262 g/mol. The molecule has 0 radical (unpaired) electrons. The highest BCUT2D eigenvalue weighted by Gasteiger charge is 2.06. The van der Waals surface area contributed by atoms with Crippen LogP contribution < -0.4 is 5.32 Å². The molecule has 0 fully saturated rings. The molecule has 1 amide bonds. The van der Waals surface area contributed by atoms with Crippen molar-refractivity contribution in [1.29, 1.82) is 0 Å². The normalized spacial score (nSPS) is 10.4. The van der Waals surface area contributed by atoms with Crippen molar-refractivity contribution in [2.45, 2.75) is 0 Å². The standard InChI is InChI=1S/C17H14N2O/c1-18-17(20)13-9-7-12(8-10-13)14-4-2-6-16-15(14)5-3-11-19-16/h2-11H,1H3,(H,18,20). The minimum atomic E-state index is -0.0730. The van der Waals surface area contributed by atoms with Gasteiger partial charge in [0.15, 0.2) is 0 Å². The lowest BCUT2D eigenvalue weighted by atomic mass is 9.99. The molecule has 0 spiro atoms. The number of carbonyl (C=O) groups is 1. The van der Waals surface area contributed by atoms with Gasteiger partial charge < -0.3 is 5.32 Å². The molecule has 0 saturated carbocycles. The first-order valence-electron chi connectivity index (χ1n) is 6.46. The van der Waals surface area contributed by atoms with Gasteiger partial charge in [0.1, 0.15) is 0 Å². The number of amides is 1. The third-order valence-electron chi connectivity index (χ3n) is 3.33. The van der Waals surface area contributed by atoms with Gasteiger partial charge in [0.25, 0.3) is 5.91 Å². The molecule has 3 heteroatoms. The maximum absolute atomic E-state index is 11.6. The van der Waals surface area contributed by atoms with Gasteiger partial charge in [-0.2, -0.15) is 0 Å². The fourth-order valence-electron chi connectivity index (χ4n) is 2.30. The first-order valence-corrected chi connectivity index (χ1v) is 6.46. The molecular weight excluding hydrogens is 248 g/mol. The lowest BCUT2D eigenvalue weighted by Crippen LogP contribution is -2.17. The Morgan fingerprint density at radius 1 is 1.00 bits per heavy atom. The number of fused-ring (bicyclic) bond motifs is 1. The van der Waals surface area contributed by atoms with Gasteiger partial charge in [0.2, 0.25) is 0 Å². The van der Waals surface area contributed by atoms with Crippen molar-refractivity contribution < 1.29 is 4.79 Å². The molecule has 2 aromatic carbocycles. The first kappa shape index (κ1) is 12.4. The molecular formula is C17H14N2O. The lowest BCUT2D eigenvalue weighted by Gasteiger charge is -2.07. The zero-order valence-electron chi connectivity index (χ0n) is 11.1. The second kappa shape index (κ2) is 5.13. The quantitative estimate of drug-likeness (QED) is 0.770. The van der Waals surface area contributed by atoms with Crippen molar-refractivity contribution in [3.05, 3.63) is 66.4 Å². The Kier molecular flexibility index (Phi) is 3.17. The SMILES string of the molecule is CNC(=O)c1ccc(-c2cccc3ncccc23)cc1.